The van der Waals surface area contributed by atoms with Crippen molar-refractivity contribution in [1.29, 1.82) is 5.41 Å². The standard InChI is InChI=1S/C11H9N3O5S/c1-19-7-3-5(2-6(9(7)15)14(17)18)4-8-10(16)13-11(12)20-8/h2-4,15H,1H3,(H2,12,13,16). The Morgan fingerprint density at radius 1 is 1.55 bits per heavy atom. The van der Waals surface area contributed by atoms with E-state index in [1.165, 1.54) is 19.3 Å². The van der Waals surface area contributed by atoms with E-state index in [0.717, 1.165) is 17.8 Å². The molecule has 0 atom stereocenters. The minimum Gasteiger partial charge on any atom is -0.500 e. The fourth-order valence-electron chi connectivity index (χ4n) is 1.58. The third-order valence-electron chi connectivity index (χ3n) is 2.45. The number of benzene rings is 1. The Morgan fingerprint density at radius 3 is 2.75 bits per heavy atom. The Kier molecular flexibility index (Phi) is 3.61. The molecule has 2 rings (SSSR count). The maximum absolute atomic E-state index is 11.5. The van der Waals surface area contributed by atoms with Gasteiger partial charge in [0.1, 0.15) is 0 Å². The molecular weight excluding hydrogens is 286 g/mol. The van der Waals surface area contributed by atoms with Crippen molar-refractivity contribution in [3.63, 3.8) is 0 Å². The molecule has 3 N–H and O–H groups in total. The van der Waals surface area contributed by atoms with Gasteiger partial charge in [-0.15, -0.1) is 0 Å². The fourth-order valence-corrected chi connectivity index (χ4v) is 2.29. The summed E-state index contributed by atoms with van der Waals surface area (Å²) in [6.45, 7) is 0. The van der Waals surface area contributed by atoms with Crippen LogP contribution in [0, 0.1) is 15.5 Å². The van der Waals surface area contributed by atoms with E-state index in [1.807, 2.05) is 0 Å². The van der Waals surface area contributed by atoms with Gasteiger partial charge in [-0.05, 0) is 29.5 Å². The molecule has 0 saturated carbocycles. The third-order valence-corrected chi connectivity index (χ3v) is 3.28. The monoisotopic (exact) mass is 295 g/mol. The molecule has 1 heterocycles. The van der Waals surface area contributed by atoms with Crippen molar-refractivity contribution < 1.29 is 19.6 Å². The number of carbonyl (C=O) groups is 1. The highest BCUT2D eigenvalue weighted by molar-refractivity contribution is 8.18. The number of phenolic OH excluding ortho intramolecular Hbond substituents is 1. The zero-order valence-corrected chi connectivity index (χ0v) is 11.0. The van der Waals surface area contributed by atoms with Gasteiger partial charge in [0.25, 0.3) is 5.91 Å². The van der Waals surface area contributed by atoms with Gasteiger partial charge in [0.15, 0.2) is 10.9 Å². The van der Waals surface area contributed by atoms with Crippen molar-refractivity contribution in [2.75, 3.05) is 7.11 Å². The number of nitro groups is 1. The molecule has 1 fully saturated rings. The average Bonchev–Trinajstić information content (AvgIpc) is 2.69. The van der Waals surface area contributed by atoms with E-state index in [2.05, 4.69) is 5.32 Å². The number of methoxy groups -OCH3 is 1. The minimum absolute atomic E-state index is 0.0125. The van der Waals surface area contributed by atoms with Crippen molar-refractivity contribution >= 4 is 34.6 Å². The van der Waals surface area contributed by atoms with Crippen LogP contribution in [-0.2, 0) is 4.79 Å². The quantitative estimate of drug-likeness (QED) is 0.440. The SMILES string of the molecule is COc1cc(C=C2SC(=N)NC2=O)cc([N+](=O)[O-])c1O. The van der Waals surface area contributed by atoms with Crippen molar-refractivity contribution in [1.82, 2.24) is 5.32 Å². The predicted molar refractivity (Wildman–Crippen MR) is 72.8 cm³/mol. The number of thioether (sulfide) groups is 1. The summed E-state index contributed by atoms with van der Waals surface area (Å²) in [7, 11) is 1.27. The Hall–Kier alpha value is -2.55. The Labute approximate surface area is 117 Å². The van der Waals surface area contributed by atoms with Crippen LogP contribution in [0.15, 0.2) is 17.0 Å². The predicted octanol–water partition coefficient (Wildman–Crippen LogP) is 1.45. The average molecular weight is 295 g/mol. The van der Waals surface area contributed by atoms with Crippen LogP contribution >= 0.6 is 11.8 Å². The smallest absolute Gasteiger partial charge is 0.315 e. The maximum Gasteiger partial charge on any atom is 0.315 e. The summed E-state index contributed by atoms with van der Waals surface area (Å²) in [4.78, 5) is 21.8. The lowest BCUT2D eigenvalue weighted by atomic mass is 10.1. The van der Waals surface area contributed by atoms with E-state index in [9.17, 15) is 20.0 Å². The largest absolute Gasteiger partial charge is 0.500 e. The number of aromatic hydroxyl groups is 1. The summed E-state index contributed by atoms with van der Waals surface area (Å²) in [6, 6.07) is 2.49. The molecule has 0 spiro atoms. The maximum atomic E-state index is 11.5. The van der Waals surface area contributed by atoms with Crippen LogP contribution in [0.1, 0.15) is 5.56 Å². The van der Waals surface area contributed by atoms with Gasteiger partial charge in [-0.3, -0.25) is 20.3 Å². The molecule has 9 heteroatoms. The number of amides is 1. The van der Waals surface area contributed by atoms with E-state index in [4.69, 9.17) is 10.1 Å². The number of phenols is 1. The molecule has 1 aliphatic heterocycles. The first-order valence-electron chi connectivity index (χ1n) is 5.27. The molecule has 1 amide bonds. The lowest BCUT2D eigenvalue weighted by Gasteiger charge is -2.05. The second kappa shape index (κ2) is 5.21. The van der Waals surface area contributed by atoms with Gasteiger partial charge in [-0.25, -0.2) is 0 Å². The second-order valence-corrected chi connectivity index (χ2v) is 4.79. The molecule has 20 heavy (non-hydrogen) atoms. The molecule has 1 aliphatic rings. The van der Waals surface area contributed by atoms with E-state index < -0.39 is 22.3 Å². The molecule has 8 nitrogen and oxygen atoms in total. The highest BCUT2D eigenvalue weighted by atomic mass is 32.2. The summed E-state index contributed by atoms with van der Waals surface area (Å²) in [6.07, 6.45) is 1.39. The zero-order chi connectivity index (χ0) is 14.9. The molecular formula is C11H9N3O5S. The number of nitrogens with zero attached hydrogens (tertiary/aromatic N) is 1. The van der Waals surface area contributed by atoms with Crippen LogP contribution in [-0.4, -0.2) is 28.2 Å². The minimum atomic E-state index is -0.746. The molecule has 0 aromatic heterocycles. The molecule has 0 radical (unpaired) electrons. The van der Waals surface area contributed by atoms with E-state index in [-0.39, 0.29) is 15.8 Å². The van der Waals surface area contributed by atoms with Crippen LogP contribution in [0.3, 0.4) is 0 Å². The van der Waals surface area contributed by atoms with Crippen LogP contribution < -0.4 is 10.1 Å². The van der Waals surface area contributed by atoms with E-state index in [0.29, 0.717) is 5.56 Å². The van der Waals surface area contributed by atoms with E-state index in [1.54, 1.807) is 0 Å². The lowest BCUT2D eigenvalue weighted by molar-refractivity contribution is -0.386. The molecule has 1 aromatic rings. The number of ether oxygens (including phenoxy) is 1. The summed E-state index contributed by atoms with van der Waals surface area (Å²) in [5, 5.41) is 30.1. The zero-order valence-electron chi connectivity index (χ0n) is 10.2. The van der Waals surface area contributed by atoms with Gasteiger partial charge in [0.2, 0.25) is 5.75 Å². The van der Waals surface area contributed by atoms with Crippen molar-refractivity contribution in [2.45, 2.75) is 0 Å². The lowest BCUT2D eigenvalue weighted by Crippen LogP contribution is -2.18. The van der Waals surface area contributed by atoms with Crippen LogP contribution in [0.5, 0.6) is 11.5 Å². The Balaban J connectivity index is 2.50. The molecule has 0 unspecified atom stereocenters. The molecule has 0 aliphatic carbocycles. The highest BCUT2D eigenvalue weighted by Gasteiger charge is 2.24. The normalized spacial score (nSPS) is 16.4. The van der Waals surface area contributed by atoms with Crippen molar-refractivity contribution in [3.8, 4) is 11.5 Å². The van der Waals surface area contributed by atoms with Crippen molar-refractivity contribution in [2.24, 2.45) is 0 Å². The molecule has 0 bridgehead atoms. The van der Waals surface area contributed by atoms with Gasteiger partial charge in [-0.1, -0.05) is 0 Å². The number of nitrogens with one attached hydrogen (secondary N) is 2. The Morgan fingerprint density at radius 2 is 2.25 bits per heavy atom. The molecule has 1 saturated heterocycles. The van der Waals surface area contributed by atoms with Gasteiger partial charge >= 0.3 is 5.69 Å². The summed E-state index contributed by atoms with van der Waals surface area (Å²) >= 11 is 0.911. The van der Waals surface area contributed by atoms with Crippen LogP contribution in [0.2, 0.25) is 0 Å². The number of nitro benzene ring substituents is 1. The highest BCUT2D eigenvalue weighted by Crippen LogP contribution is 2.38. The third kappa shape index (κ3) is 2.57. The molecule has 104 valence electrons. The van der Waals surface area contributed by atoms with E-state index >= 15 is 0 Å². The fraction of sp³-hybridized carbons (Fsp3) is 0.0909. The number of carbonyl (C=O) groups excluding carboxylic acids is 1. The summed E-state index contributed by atoms with van der Waals surface area (Å²) < 4.78 is 4.86. The number of hydrogen-bond donors (Lipinski definition) is 3. The van der Waals surface area contributed by atoms with Gasteiger partial charge in [-0.2, -0.15) is 0 Å². The van der Waals surface area contributed by atoms with Gasteiger partial charge in [0, 0.05) is 6.07 Å². The van der Waals surface area contributed by atoms with Gasteiger partial charge in [0.05, 0.1) is 16.9 Å². The summed E-state index contributed by atoms with van der Waals surface area (Å²) in [5.41, 5.74) is -0.201. The number of amidine groups is 1. The first kappa shape index (κ1) is 13.9. The number of hydrogen-bond acceptors (Lipinski definition) is 7. The Bertz CT molecular complexity index is 656. The van der Waals surface area contributed by atoms with Crippen LogP contribution in [0.25, 0.3) is 6.08 Å². The summed E-state index contributed by atoms with van der Waals surface area (Å²) in [5.74, 6) is -1.09. The van der Waals surface area contributed by atoms with Crippen LogP contribution in [0.4, 0.5) is 5.69 Å². The van der Waals surface area contributed by atoms with Gasteiger partial charge < -0.3 is 15.2 Å². The first-order valence-corrected chi connectivity index (χ1v) is 6.09. The first-order chi connectivity index (χ1) is 9.42. The molecule has 1 aromatic carbocycles. The van der Waals surface area contributed by atoms with Crippen molar-refractivity contribution in [3.05, 3.63) is 32.7 Å². The second-order valence-electron chi connectivity index (χ2n) is 3.74. The number of rotatable bonds is 3. The topological polar surface area (TPSA) is 126 Å².